The molecule has 0 unspecified atom stereocenters. The van der Waals surface area contributed by atoms with Gasteiger partial charge >= 0.3 is 0 Å². The van der Waals surface area contributed by atoms with Crippen molar-refractivity contribution in [2.75, 3.05) is 9.80 Å². The normalized spacial score (nSPS) is 11.8. The second-order valence-corrected chi connectivity index (χ2v) is 16.6. The molecule has 4 nitrogen and oxygen atoms in total. The highest BCUT2D eigenvalue weighted by atomic mass is 15.2. The van der Waals surface area contributed by atoms with E-state index in [9.17, 15) is 0 Å². The highest BCUT2D eigenvalue weighted by molar-refractivity contribution is 6.19. The Kier molecular flexibility index (Phi) is 8.18. The predicted molar refractivity (Wildman–Crippen MR) is 269 cm³/mol. The smallest absolute Gasteiger partial charge is 0.0619 e. The molecule has 2 aromatic heterocycles. The fraction of sp³-hybridized carbons (Fsp3) is 0. The van der Waals surface area contributed by atoms with Gasteiger partial charge in [-0.2, -0.15) is 0 Å². The van der Waals surface area contributed by atoms with Crippen LogP contribution in [0.1, 0.15) is 0 Å². The molecule has 12 aromatic rings. The predicted octanol–water partition coefficient (Wildman–Crippen LogP) is 16.5. The number of nitrogens with zero attached hydrogens (tertiary/aromatic N) is 4. The van der Waals surface area contributed by atoms with E-state index in [-0.39, 0.29) is 0 Å². The van der Waals surface area contributed by atoms with Gasteiger partial charge in [0.15, 0.2) is 0 Å². The summed E-state index contributed by atoms with van der Waals surface area (Å²) in [6.07, 6.45) is 0. The molecule has 0 radical (unpaired) electrons. The van der Waals surface area contributed by atoms with Crippen LogP contribution in [0.5, 0.6) is 0 Å². The molecule has 0 atom stereocenters. The molecule has 0 fully saturated rings. The number of aromatic nitrogens is 2. The van der Waals surface area contributed by atoms with Crippen molar-refractivity contribution in [1.82, 2.24) is 9.13 Å². The van der Waals surface area contributed by atoms with Crippen LogP contribution in [-0.4, -0.2) is 9.13 Å². The number of para-hydroxylation sites is 8. The van der Waals surface area contributed by atoms with Crippen molar-refractivity contribution in [2.45, 2.75) is 0 Å². The second kappa shape index (κ2) is 14.5. The Balaban J connectivity index is 1.14. The summed E-state index contributed by atoms with van der Waals surface area (Å²) in [5, 5.41) is 4.96. The molecule has 3 heterocycles. The first-order valence-electron chi connectivity index (χ1n) is 21.9. The van der Waals surface area contributed by atoms with Gasteiger partial charge in [-0.15, -0.1) is 0 Å². The second-order valence-electron chi connectivity index (χ2n) is 16.6. The summed E-state index contributed by atoms with van der Waals surface area (Å²) in [6.45, 7) is 0. The summed E-state index contributed by atoms with van der Waals surface area (Å²) >= 11 is 0. The van der Waals surface area contributed by atoms with Crippen LogP contribution >= 0.6 is 0 Å². The maximum Gasteiger partial charge on any atom is 0.0619 e. The number of fused-ring (bicyclic) bond motifs is 11. The van der Waals surface area contributed by atoms with E-state index in [2.05, 4.69) is 262 Å². The average molecular weight is 817 g/mol. The number of hydrogen-bond acceptors (Lipinski definition) is 2. The van der Waals surface area contributed by atoms with Crippen LogP contribution in [0.3, 0.4) is 0 Å². The molecule has 1 aliphatic heterocycles. The molecular formula is C60H40N4. The molecule has 300 valence electrons. The molecule has 13 rings (SSSR count). The number of anilines is 6. The molecule has 0 bridgehead atoms. The third-order valence-electron chi connectivity index (χ3n) is 13.0. The largest absolute Gasteiger partial charge is 0.310 e. The Morgan fingerprint density at radius 1 is 0.250 bits per heavy atom. The van der Waals surface area contributed by atoms with Crippen molar-refractivity contribution in [3.63, 3.8) is 0 Å². The molecular weight excluding hydrogens is 777 g/mol. The van der Waals surface area contributed by atoms with E-state index < -0.39 is 0 Å². The van der Waals surface area contributed by atoms with E-state index >= 15 is 0 Å². The van der Waals surface area contributed by atoms with E-state index in [0.717, 1.165) is 50.8 Å². The topological polar surface area (TPSA) is 16.3 Å². The lowest BCUT2D eigenvalue weighted by molar-refractivity contribution is 1.16. The van der Waals surface area contributed by atoms with Gasteiger partial charge in [0.1, 0.15) is 0 Å². The Bertz CT molecular complexity index is 3540. The average Bonchev–Trinajstić information content (AvgIpc) is 3.84. The first-order valence-corrected chi connectivity index (χ1v) is 21.9. The summed E-state index contributed by atoms with van der Waals surface area (Å²) in [4.78, 5) is 4.74. The number of hydrogen-bond donors (Lipinski definition) is 0. The molecule has 0 saturated carbocycles. The fourth-order valence-corrected chi connectivity index (χ4v) is 10.3. The highest BCUT2D eigenvalue weighted by Gasteiger charge is 2.27. The van der Waals surface area contributed by atoms with Gasteiger partial charge in [-0.05, 0) is 108 Å². The van der Waals surface area contributed by atoms with Gasteiger partial charge < -0.3 is 18.9 Å². The molecule has 4 heteroatoms. The SMILES string of the molecule is c1ccc(N(c2ccccc2)c2cc(N(c3ccccc3)c3ccccc3)cc(-n3c4ccccc4c4cc5c(cc43)-c3ccccc3-n3c4ccccc4c4cccc-5c43)c2)cc1. The summed E-state index contributed by atoms with van der Waals surface area (Å²) < 4.78 is 4.98. The van der Waals surface area contributed by atoms with Crippen LogP contribution in [0.15, 0.2) is 243 Å². The zero-order valence-corrected chi connectivity index (χ0v) is 34.9. The molecule has 0 spiro atoms. The minimum absolute atomic E-state index is 1.05. The van der Waals surface area contributed by atoms with Crippen LogP contribution in [0.4, 0.5) is 34.1 Å². The minimum atomic E-state index is 1.05. The van der Waals surface area contributed by atoms with Gasteiger partial charge in [0.25, 0.3) is 0 Å². The lowest BCUT2D eigenvalue weighted by atomic mass is 9.92. The van der Waals surface area contributed by atoms with Gasteiger partial charge in [-0.1, -0.05) is 146 Å². The van der Waals surface area contributed by atoms with Crippen molar-refractivity contribution in [2.24, 2.45) is 0 Å². The van der Waals surface area contributed by atoms with E-state index in [1.807, 2.05) is 0 Å². The molecule has 0 amide bonds. The maximum atomic E-state index is 2.49. The van der Waals surface area contributed by atoms with E-state index in [1.54, 1.807) is 0 Å². The number of benzene rings is 10. The van der Waals surface area contributed by atoms with Crippen LogP contribution in [0.25, 0.3) is 77.2 Å². The Morgan fingerprint density at radius 3 is 1.27 bits per heavy atom. The van der Waals surface area contributed by atoms with Crippen LogP contribution in [0.2, 0.25) is 0 Å². The zero-order valence-electron chi connectivity index (χ0n) is 34.9. The standard InChI is InChI=1S/C60H40N4/c1-5-20-41(21-6-1)61(42-22-7-2-8-23-42)45-36-46(62(43-24-9-3-10-25-43)44-26-11-4-12-27-44)38-47(37-45)63-56-33-16-15-30-50(56)55-39-53-52-32-19-31-51-48-28-13-17-34-57(48)64(60(51)52)58-35-18-14-29-49(58)54(53)40-59(55)63/h1-40H. The van der Waals surface area contributed by atoms with E-state index in [0.29, 0.717) is 0 Å². The van der Waals surface area contributed by atoms with Crippen molar-refractivity contribution >= 4 is 77.7 Å². The Hall–Kier alpha value is -8.60. The third-order valence-corrected chi connectivity index (χ3v) is 13.0. The molecule has 0 N–H and O–H groups in total. The fourth-order valence-electron chi connectivity index (χ4n) is 10.3. The minimum Gasteiger partial charge on any atom is -0.310 e. The molecule has 1 aliphatic rings. The molecule has 0 saturated heterocycles. The summed E-state index contributed by atoms with van der Waals surface area (Å²) in [5.74, 6) is 0. The Labute approximate surface area is 371 Å². The highest BCUT2D eigenvalue weighted by Crippen LogP contribution is 2.50. The third kappa shape index (κ3) is 5.56. The van der Waals surface area contributed by atoms with Gasteiger partial charge in [0.2, 0.25) is 0 Å². The van der Waals surface area contributed by atoms with Gasteiger partial charge in [-0.3, -0.25) is 0 Å². The lowest BCUT2D eigenvalue weighted by Gasteiger charge is -2.30. The van der Waals surface area contributed by atoms with Gasteiger partial charge in [0, 0.05) is 55.4 Å². The van der Waals surface area contributed by atoms with Gasteiger partial charge in [-0.25, -0.2) is 0 Å². The van der Waals surface area contributed by atoms with Crippen molar-refractivity contribution in [3.8, 4) is 33.6 Å². The first kappa shape index (κ1) is 36.1. The van der Waals surface area contributed by atoms with Gasteiger partial charge in [0.05, 0.1) is 44.8 Å². The summed E-state index contributed by atoms with van der Waals surface area (Å²) in [7, 11) is 0. The Morgan fingerprint density at radius 2 is 0.688 bits per heavy atom. The van der Waals surface area contributed by atoms with Crippen LogP contribution in [0, 0.1) is 0 Å². The van der Waals surface area contributed by atoms with Crippen LogP contribution in [-0.2, 0) is 0 Å². The maximum absolute atomic E-state index is 2.49. The zero-order chi connectivity index (χ0) is 42.1. The molecule has 64 heavy (non-hydrogen) atoms. The van der Waals surface area contributed by atoms with Crippen LogP contribution < -0.4 is 9.80 Å². The van der Waals surface area contributed by atoms with Crippen molar-refractivity contribution in [3.05, 3.63) is 243 Å². The van der Waals surface area contributed by atoms with E-state index in [4.69, 9.17) is 0 Å². The summed E-state index contributed by atoms with van der Waals surface area (Å²) in [6, 6.07) is 88.3. The van der Waals surface area contributed by atoms with Crippen molar-refractivity contribution < 1.29 is 0 Å². The molecule has 10 aromatic carbocycles. The van der Waals surface area contributed by atoms with Crippen molar-refractivity contribution in [1.29, 1.82) is 0 Å². The lowest BCUT2D eigenvalue weighted by Crippen LogP contribution is -2.14. The summed E-state index contributed by atoms with van der Waals surface area (Å²) in [5.41, 5.74) is 18.3. The van der Waals surface area contributed by atoms with E-state index in [1.165, 1.54) is 60.5 Å². The first-order chi connectivity index (χ1) is 31.8. The quantitative estimate of drug-likeness (QED) is 0.159. The monoisotopic (exact) mass is 816 g/mol. The molecule has 0 aliphatic carbocycles. The number of rotatable bonds is 7.